The van der Waals surface area contributed by atoms with Crippen molar-refractivity contribution in [3.8, 4) is 5.75 Å². The summed E-state index contributed by atoms with van der Waals surface area (Å²) < 4.78 is 6.19. The highest BCUT2D eigenvalue weighted by molar-refractivity contribution is 6.06. The van der Waals surface area contributed by atoms with Crippen molar-refractivity contribution in [3.05, 3.63) is 23.3 Å². The highest BCUT2D eigenvalue weighted by Gasteiger charge is 2.46. The monoisotopic (exact) mass is 511 g/mol. The summed E-state index contributed by atoms with van der Waals surface area (Å²) in [7, 11) is 0. The van der Waals surface area contributed by atoms with E-state index in [1.807, 2.05) is 11.0 Å². The van der Waals surface area contributed by atoms with Gasteiger partial charge >= 0.3 is 0 Å². The maximum absolute atomic E-state index is 13.2. The molecule has 2 fully saturated rings. The van der Waals surface area contributed by atoms with Crippen LogP contribution in [0.1, 0.15) is 62.4 Å². The molecule has 5 rings (SSSR count). The van der Waals surface area contributed by atoms with Crippen LogP contribution < -0.4 is 15.0 Å². The Balaban J connectivity index is 1.32. The minimum atomic E-state index is -0.643. The Hall–Kier alpha value is -3.14. The SMILES string of the molecule is CCCN(CCC)CC(=O)N1CCN2c3cc4c(cc3OCC2(C)C1)C(=O)N(C1CCC(=O)NC1=O)C4. The van der Waals surface area contributed by atoms with Gasteiger partial charge < -0.3 is 19.4 Å². The Morgan fingerprint density at radius 1 is 1.16 bits per heavy atom. The first-order chi connectivity index (χ1) is 17.7. The number of nitrogens with one attached hydrogen (secondary N) is 1. The molecule has 4 aliphatic heterocycles. The van der Waals surface area contributed by atoms with Crippen LogP contribution in [0.4, 0.5) is 5.69 Å². The fourth-order valence-electron chi connectivity index (χ4n) is 6.15. The summed E-state index contributed by atoms with van der Waals surface area (Å²) in [5.74, 6) is -0.0965. The second-order valence-corrected chi connectivity index (χ2v) is 10.9. The maximum Gasteiger partial charge on any atom is 0.255 e. The first-order valence-corrected chi connectivity index (χ1v) is 13.5. The van der Waals surface area contributed by atoms with Gasteiger partial charge in [-0.3, -0.25) is 29.4 Å². The maximum atomic E-state index is 13.2. The second-order valence-electron chi connectivity index (χ2n) is 10.9. The van der Waals surface area contributed by atoms with E-state index in [0.29, 0.717) is 57.1 Å². The number of carbonyl (C=O) groups excluding carboxylic acids is 4. The predicted molar refractivity (Wildman–Crippen MR) is 137 cm³/mol. The van der Waals surface area contributed by atoms with Crippen LogP contribution in [-0.4, -0.2) is 95.8 Å². The molecule has 200 valence electrons. The van der Waals surface area contributed by atoms with Crippen molar-refractivity contribution >= 4 is 29.3 Å². The number of benzene rings is 1. The summed E-state index contributed by atoms with van der Waals surface area (Å²) in [4.78, 5) is 58.4. The van der Waals surface area contributed by atoms with Gasteiger partial charge in [0.15, 0.2) is 0 Å². The molecule has 1 N–H and O–H groups in total. The van der Waals surface area contributed by atoms with Crippen LogP contribution in [-0.2, 0) is 20.9 Å². The van der Waals surface area contributed by atoms with E-state index in [-0.39, 0.29) is 29.7 Å². The van der Waals surface area contributed by atoms with Gasteiger partial charge in [0.2, 0.25) is 17.7 Å². The number of amides is 4. The molecule has 2 atom stereocenters. The van der Waals surface area contributed by atoms with Gasteiger partial charge in [0.05, 0.1) is 17.8 Å². The van der Waals surface area contributed by atoms with E-state index in [1.165, 1.54) is 0 Å². The van der Waals surface area contributed by atoms with Crippen molar-refractivity contribution in [2.24, 2.45) is 0 Å². The molecule has 4 aliphatic rings. The van der Waals surface area contributed by atoms with Gasteiger partial charge in [-0.25, -0.2) is 0 Å². The first-order valence-electron chi connectivity index (χ1n) is 13.5. The Labute approximate surface area is 217 Å². The number of rotatable bonds is 7. The number of ether oxygens (including phenoxy) is 1. The molecule has 1 aromatic carbocycles. The molecule has 0 saturated carbocycles. The van der Waals surface area contributed by atoms with Gasteiger partial charge in [0.1, 0.15) is 18.4 Å². The minimum absolute atomic E-state index is 0.160. The van der Waals surface area contributed by atoms with Gasteiger partial charge in [-0.2, -0.15) is 0 Å². The standard InChI is InChI=1S/C27H37N5O5/c1-4-8-29(9-5-2)15-24(34)30-10-11-32-21-12-18-14-31(20-6-7-23(33)28-25(20)35)26(36)19(18)13-22(21)37-17-27(32,3)16-30/h12-13,20H,4-11,14-17H2,1-3H3,(H,28,33,35). The normalized spacial score (nSPS) is 25.0. The minimum Gasteiger partial charge on any atom is -0.489 e. The summed E-state index contributed by atoms with van der Waals surface area (Å²) in [6.45, 7) is 11.3. The zero-order valence-electron chi connectivity index (χ0n) is 22.0. The quantitative estimate of drug-likeness (QED) is 0.552. The highest BCUT2D eigenvalue weighted by Crippen LogP contribution is 2.43. The average Bonchev–Trinajstić information content (AvgIpc) is 3.17. The summed E-state index contributed by atoms with van der Waals surface area (Å²) in [5, 5.41) is 2.35. The van der Waals surface area contributed by atoms with Crippen LogP contribution in [0.5, 0.6) is 5.75 Å². The number of imide groups is 1. The molecule has 10 nitrogen and oxygen atoms in total. The fourth-order valence-corrected chi connectivity index (χ4v) is 6.15. The molecular weight excluding hydrogens is 474 g/mol. The number of nitrogens with zero attached hydrogens (tertiary/aromatic N) is 4. The smallest absolute Gasteiger partial charge is 0.255 e. The molecule has 0 radical (unpaired) electrons. The average molecular weight is 512 g/mol. The molecule has 0 bridgehead atoms. The number of anilines is 1. The van der Waals surface area contributed by atoms with E-state index in [0.717, 1.165) is 37.2 Å². The van der Waals surface area contributed by atoms with Crippen molar-refractivity contribution in [3.63, 3.8) is 0 Å². The van der Waals surface area contributed by atoms with Crippen molar-refractivity contribution in [2.45, 2.75) is 64.6 Å². The summed E-state index contributed by atoms with van der Waals surface area (Å²) in [5.41, 5.74) is 1.96. The summed E-state index contributed by atoms with van der Waals surface area (Å²) >= 11 is 0. The number of carbonyl (C=O) groups is 4. The summed E-state index contributed by atoms with van der Waals surface area (Å²) in [6.07, 6.45) is 2.61. The fraction of sp³-hybridized carbons (Fsp3) is 0.630. The Bertz CT molecular complexity index is 1120. The van der Waals surface area contributed by atoms with E-state index in [1.54, 1.807) is 11.0 Å². The molecule has 0 aromatic heterocycles. The lowest BCUT2D eigenvalue weighted by Crippen LogP contribution is -2.66. The molecule has 2 unspecified atom stereocenters. The molecule has 0 aliphatic carbocycles. The van der Waals surface area contributed by atoms with Crippen LogP contribution >= 0.6 is 0 Å². The number of fused-ring (bicyclic) bond motifs is 4. The van der Waals surface area contributed by atoms with Crippen molar-refractivity contribution < 1.29 is 23.9 Å². The molecule has 2 saturated heterocycles. The number of hydrogen-bond acceptors (Lipinski definition) is 7. The summed E-state index contributed by atoms with van der Waals surface area (Å²) in [6, 6.07) is 3.16. The molecular formula is C27H37N5O5. The van der Waals surface area contributed by atoms with Crippen LogP contribution in [0.15, 0.2) is 12.1 Å². The van der Waals surface area contributed by atoms with Crippen LogP contribution in [0.2, 0.25) is 0 Å². The van der Waals surface area contributed by atoms with Gasteiger partial charge in [-0.05, 0) is 57.0 Å². The van der Waals surface area contributed by atoms with Gasteiger partial charge in [0.25, 0.3) is 5.91 Å². The van der Waals surface area contributed by atoms with Gasteiger partial charge in [0, 0.05) is 38.2 Å². The van der Waals surface area contributed by atoms with E-state index >= 15 is 0 Å². The second kappa shape index (κ2) is 9.96. The molecule has 4 amide bonds. The first kappa shape index (κ1) is 25.5. The van der Waals surface area contributed by atoms with E-state index in [9.17, 15) is 19.2 Å². The Morgan fingerprint density at radius 3 is 2.62 bits per heavy atom. The largest absolute Gasteiger partial charge is 0.489 e. The lowest BCUT2D eigenvalue weighted by Gasteiger charge is -2.52. The third kappa shape index (κ3) is 4.67. The van der Waals surface area contributed by atoms with Crippen LogP contribution in [0, 0.1) is 0 Å². The molecule has 1 aromatic rings. The van der Waals surface area contributed by atoms with Crippen molar-refractivity contribution in [1.29, 1.82) is 0 Å². The molecule has 10 heteroatoms. The Kier molecular flexibility index (Phi) is 6.87. The third-order valence-electron chi connectivity index (χ3n) is 8.00. The highest BCUT2D eigenvalue weighted by atomic mass is 16.5. The number of hydrogen-bond donors (Lipinski definition) is 1. The third-order valence-corrected chi connectivity index (χ3v) is 8.00. The lowest BCUT2D eigenvalue weighted by molar-refractivity contribution is -0.137. The number of piperidine rings is 1. The molecule has 0 spiro atoms. The Morgan fingerprint density at radius 2 is 1.92 bits per heavy atom. The van der Waals surface area contributed by atoms with Crippen molar-refractivity contribution in [2.75, 3.05) is 50.8 Å². The zero-order valence-corrected chi connectivity index (χ0v) is 22.0. The van der Waals surface area contributed by atoms with Crippen LogP contribution in [0.25, 0.3) is 0 Å². The zero-order chi connectivity index (χ0) is 26.3. The van der Waals surface area contributed by atoms with E-state index < -0.39 is 11.9 Å². The van der Waals surface area contributed by atoms with Crippen molar-refractivity contribution in [1.82, 2.24) is 20.0 Å². The predicted octanol–water partition coefficient (Wildman–Crippen LogP) is 1.37. The lowest BCUT2D eigenvalue weighted by atomic mass is 9.93. The topological polar surface area (TPSA) is 102 Å². The van der Waals surface area contributed by atoms with E-state index in [2.05, 4.69) is 35.9 Å². The van der Waals surface area contributed by atoms with Gasteiger partial charge in [-0.15, -0.1) is 0 Å². The molecule has 4 heterocycles. The van der Waals surface area contributed by atoms with Gasteiger partial charge in [-0.1, -0.05) is 13.8 Å². The molecule has 37 heavy (non-hydrogen) atoms. The number of piperazine rings is 1. The van der Waals surface area contributed by atoms with E-state index in [4.69, 9.17) is 4.74 Å². The van der Waals surface area contributed by atoms with Crippen LogP contribution in [0.3, 0.4) is 0 Å².